The van der Waals surface area contributed by atoms with Crippen molar-refractivity contribution < 1.29 is 35.4 Å². The maximum atomic E-state index is 9.46. The van der Waals surface area contributed by atoms with Gasteiger partial charge in [0.05, 0.1) is 13.2 Å². The molecule has 0 radical (unpaired) electrons. The van der Waals surface area contributed by atoms with Gasteiger partial charge in [0, 0.05) is 7.11 Å². The minimum absolute atomic E-state index is 0.655. The summed E-state index contributed by atoms with van der Waals surface area (Å²) in [6, 6.07) is 0. The second-order valence-corrected chi connectivity index (χ2v) is 3.18. The van der Waals surface area contributed by atoms with Gasteiger partial charge >= 0.3 is 0 Å². The number of methoxy groups -OCH3 is 1. The fourth-order valence-electron chi connectivity index (χ4n) is 1.16. The molecule has 0 spiro atoms. The Hall–Kier alpha value is -0.280. The summed E-state index contributed by atoms with van der Waals surface area (Å²) in [6.07, 6.45) is -7.44. The van der Waals surface area contributed by atoms with E-state index in [0.29, 0.717) is 0 Å². The van der Waals surface area contributed by atoms with E-state index in [1.54, 1.807) is 0 Å². The maximum absolute atomic E-state index is 9.46. The third-order valence-electron chi connectivity index (χ3n) is 2.11. The third-order valence-corrected chi connectivity index (χ3v) is 2.11. The molecular weight excluding hydrogens is 208 g/mol. The van der Waals surface area contributed by atoms with Crippen LogP contribution in [0, 0.1) is 0 Å². The second-order valence-electron chi connectivity index (χ2n) is 3.18. The zero-order chi connectivity index (χ0) is 12.0. The van der Waals surface area contributed by atoms with Gasteiger partial charge in [0.25, 0.3) is 0 Å². The number of hydrogen-bond donors (Lipinski definition) is 6. The topological polar surface area (TPSA) is 131 Å². The van der Waals surface area contributed by atoms with E-state index in [4.69, 9.17) is 15.3 Å². The predicted octanol–water partition coefficient (Wildman–Crippen LogP) is -3.57. The van der Waals surface area contributed by atoms with Crippen LogP contribution in [0.5, 0.6) is 0 Å². The maximum Gasteiger partial charge on any atom is 0.114 e. The van der Waals surface area contributed by atoms with Gasteiger partial charge in [-0.15, -0.1) is 0 Å². The average Bonchev–Trinajstić information content (AvgIpc) is 2.27. The Morgan fingerprint density at radius 2 is 1.33 bits per heavy atom. The first-order valence-corrected chi connectivity index (χ1v) is 4.46. The number of aliphatic hydroxyl groups is 6. The van der Waals surface area contributed by atoms with E-state index in [-0.39, 0.29) is 0 Å². The van der Waals surface area contributed by atoms with E-state index < -0.39 is 43.7 Å². The molecule has 0 amide bonds. The second kappa shape index (κ2) is 7.07. The first-order chi connectivity index (χ1) is 6.99. The van der Waals surface area contributed by atoms with Crippen LogP contribution in [0.1, 0.15) is 0 Å². The molecule has 7 nitrogen and oxygen atoms in total. The Balaban J connectivity index is 4.42. The molecule has 5 unspecified atom stereocenters. The first kappa shape index (κ1) is 14.7. The Labute approximate surface area is 87.2 Å². The van der Waals surface area contributed by atoms with Crippen LogP contribution in [0.15, 0.2) is 0 Å². The number of hydrogen-bond acceptors (Lipinski definition) is 7. The normalized spacial score (nSPS) is 21.8. The van der Waals surface area contributed by atoms with Gasteiger partial charge in [0.2, 0.25) is 0 Å². The molecule has 0 aromatic carbocycles. The molecule has 0 rings (SSSR count). The standard InChI is InChI=1S/C8H18O7/c1-15-8(5(12)3-10)7(14)6(13)4(11)2-9/h4-14H,2-3H2,1H3. The van der Waals surface area contributed by atoms with Crippen molar-refractivity contribution in [2.45, 2.75) is 30.5 Å². The summed E-state index contributed by atoms with van der Waals surface area (Å²) in [6.45, 7) is -1.39. The van der Waals surface area contributed by atoms with E-state index in [1.807, 2.05) is 0 Å². The van der Waals surface area contributed by atoms with Crippen LogP contribution in [-0.4, -0.2) is 81.5 Å². The molecule has 0 saturated carbocycles. The van der Waals surface area contributed by atoms with E-state index in [0.717, 1.165) is 0 Å². The summed E-state index contributed by atoms with van der Waals surface area (Å²) in [5.74, 6) is 0. The number of aliphatic hydroxyl groups excluding tert-OH is 6. The van der Waals surface area contributed by atoms with Crippen molar-refractivity contribution in [2.24, 2.45) is 0 Å². The molecule has 0 aliphatic rings. The van der Waals surface area contributed by atoms with Crippen molar-refractivity contribution in [2.75, 3.05) is 20.3 Å². The minimum Gasteiger partial charge on any atom is -0.394 e. The lowest BCUT2D eigenvalue weighted by atomic mass is 9.99. The third kappa shape index (κ3) is 3.99. The summed E-state index contributed by atoms with van der Waals surface area (Å²) in [5, 5.41) is 54.2. The fraction of sp³-hybridized carbons (Fsp3) is 1.00. The Kier molecular flexibility index (Phi) is 6.94. The lowest BCUT2D eigenvalue weighted by molar-refractivity contribution is -0.156. The highest BCUT2D eigenvalue weighted by Crippen LogP contribution is 2.11. The average molecular weight is 226 g/mol. The van der Waals surface area contributed by atoms with Gasteiger partial charge in [-0.05, 0) is 0 Å². The van der Waals surface area contributed by atoms with Crippen molar-refractivity contribution >= 4 is 0 Å². The summed E-state index contributed by atoms with van der Waals surface area (Å²) < 4.78 is 4.67. The minimum atomic E-state index is -1.67. The quantitative estimate of drug-likeness (QED) is 0.265. The van der Waals surface area contributed by atoms with Gasteiger partial charge in [-0.1, -0.05) is 0 Å². The lowest BCUT2D eigenvalue weighted by Gasteiger charge is -2.30. The van der Waals surface area contributed by atoms with E-state index >= 15 is 0 Å². The molecule has 0 aromatic rings. The van der Waals surface area contributed by atoms with Gasteiger partial charge in [-0.2, -0.15) is 0 Å². The molecule has 0 saturated heterocycles. The highest BCUT2D eigenvalue weighted by Gasteiger charge is 2.35. The molecule has 15 heavy (non-hydrogen) atoms. The van der Waals surface area contributed by atoms with Gasteiger partial charge in [0.15, 0.2) is 0 Å². The molecule has 0 aliphatic carbocycles. The highest BCUT2D eigenvalue weighted by atomic mass is 16.5. The smallest absolute Gasteiger partial charge is 0.114 e. The predicted molar refractivity (Wildman–Crippen MR) is 49.0 cm³/mol. The van der Waals surface area contributed by atoms with Gasteiger partial charge in [0.1, 0.15) is 30.5 Å². The summed E-state index contributed by atoms with van der Waals surface area (Å²) in [5.41, 5.74) is 0. The van der Waals surface area contributed by atoms with Crippen molar-refractivity contribution in [1.29, 1.82) is 0 Å². The van der Waals surface area contributed by atoms with Crippen molar-refractivity contribution in [3.05, 3.63) is 0 Å². The van der Waals surface area contributed by atoms with E-state index in [2.05, 4.69) is 4.74 Å². The van der Waals surface area contributed by atoms with Crippen LogP contribution in [0.2, 0.25) is 0 Å². The molecule has 0 aromatic heterocycles. The lowest BCUT2D eigenvalue weighted by Crippen LogP contribution is -2.51. The molecule has 0 fully saturated rings. The molecule has 0 heterocycles. The van der Waals surface area contributed by atoms with Crippen LogP contribution in [-0.2, 0) is 4.74 Å². The van der Waals surface area contributed by atoms with Gasteiger partial charge in [-0.25, -0.2) is 0 Å². The first-order valence-electron chi connectivity index (χ1n) is 4.46. The molecular formula is C8H18O7. The van der Waals surface area contributed by atoms with E-state index in [1.165, 1.54) is 7.11 Å². The van der Waals surface area contributed by atoms with Crippen molar-refractivity contribution in [3.8, 4) is 0 Å². The Bertz CT molecular complexity index is 165. The molecule has 0 aliphatic heterocycles. The van der Waals surface area contributed by atoms with Crippen LogP contribution >= 0.6 is 0 Å². The zero-order valence-corrected chi connectivity index (χ0v) is 8.39. The molecule has 6 N–H and O–H groups in total. The fourth-order valence-corrected chi connectivity index (χ4v) is 1.16. The monoisotopic (exact) mass is 226 g/mol. The highest BCUT2D eigenvalue weighted by molar-refractivity contribution is 4.85. The zero-order valence-electron chi connectivity index (χ0n) is 8.39. The van der Waals surface area contributed by atoms with Crippen LogP contribution in [0.25, 0.3) is 0 Å². The number of ether oxygens (including phenoxy) is 1. The van der Waals surface area contributed by atoms with E-state index in [9.17, 15) is 15.3 Å². The summed E-state index contributed by atoms with van der Waals surface area (Å²) >= 11 is 0. The molecule has 7 heteroatoms. The SMILES string of the molecule is COC(C(O)CO)C(O)C(O)C(O)CO. The molecule has 0 bridgehead atoms. The van der Waals surface area contributed by atoms with Crippen LogP contribution in [0.4, 0.5) is 0 Å². The Morgan fingerprint density at radius 3 is 1.67 bits per heavy atom. The summed E-state index contributed by atoms with van der Waals surface area (Å²) in [4.78, 5) is 0. The van der Waals surface area contributed by atoms with Gasteiger partial charge < -0.3 is 35.4 Å². The van der Waals surface area contributed by atoms with Crippen molar-refractivity contribution in [1.82, 2.24) is 0 Å². The van der Waals surface area contributed by atoms with Crippen molar-refractivity contribution in [3.63, 3.8) is 0 Å². The largest absolute Gasteiger partial charge is 0.394 e. The van der Waals surface area contributed by atoms with Crippen LogP contribution < -0.4 is 0 Å². The Morgan fingerprint density at radius 1 is 0.867 bits per heavy atom. The molecule has 5 atom stereocenters. The number of rotatable bonds is 7. The van der Waals surface area contributed by atoms with Gasteiger partial charge in [-0.3, -0.25) is 0 Å². The summed E-state index contributed by atoms with van der Waals surface area (Å²) in [7, 11) is 1.17. The molecule has 92 valence electrons. The van der Waals surface area contributed by atoms with Crippen LogP contribution in [0.3, 0.4) is 0 Å².